The third-order valence-electron chi connectivity index (χ3n) is 3.08. The Hall–Kier alpha value is -1.44. The average molecular weight is 217 g/mol. The first kappa shape index (κ1) is 11.1. The Morgan fingerprint density at radius 3 is 2.25 bits per heavy atom. The molecule has 0 atom stereocenters. The van der Waals surface area contributed by atoms with Crippen LogP contribution in [0, 0.1) is 0 Å². The van der Waals surface area contributed by atoms with Crippen molar-refractivity contribution in [2.45, 2.75) is 39.5 Å². The van der Waals surface area contributed by atoms with Crippen LogP contribution in [0.1, 0.15) is 50.7 Å². The minimum Gasteiger partial charge on any atom is -0.464 e. The van der Waals surface area contributed by atoms with Crippen LogP contribution in [-0.2, 0) is 0 Å². The van der Waals surface area contributed by atoms with Crippen molar-refractivity contribution < 1.29 is 4.42 Å². The fourth-order valence-corrected chi connectivity index (χ4v) is 2.12. The summed E-state index contributed by atoms with van der Waals surface area (Å²) < 4.78 is 5.55. The second-order valence-corrected chi connectivity index (χ2v) is 4.94. The Balaban J connectivity index is 2.80. The van der Waals surface area contributed by atoms with E-state index in [0.29, 0.717) is 11.8 Å². The van der Waals surface area contributed by atoms with E-state index < -0.39 is 0 Å². The first-order valence-electron chi connectivity index (χ1n) is 5.81. The lowest BCUT2D eigenvalue weighted by molar-refractivity contribution is 0.607. The monoisotopic (exact) mass is 217 g/mol. The molecule has 0 saturated carbocycles. The summed E-state index contributed by atoms with van der Waals surface area (Å²) in [6.07, 6.45) is 1.72. The van der Waals surface area contributed by atoms with E-state index in [2.05, 4.69) is 33.8 Å². The van der Waals surface area contributed by atoms with E-state index in [9.17, 15) is 0 Å². The summed E-state index contributed by atoms with van der Waals surface area (Å²) >= 11 is 0. The topological polar surface area (TPSA) is 39.2 Å². The van der Waals surface area contributed by atoms with Crippen molar-refractivity contribution in [1.29, 1.82) is 0 Å². The Bertz CT molecular complexity index is 509. The van der Waals surface area contributed by atoms with Crippen LogP contribution in [0.15, 0.2) is 22.8 Å². The molecule has 0 bridgehead atoms. The number of fused-ring (bicyclic) bond motifs is 1. The van der Waals surface area contributed by atoms with Gasteiger partial charge in [-0.25, -0.2) is 0 Å². The van der Waals surface area contributed by atoms with Crippen LogP contribution in [0.5, 0.6) is 0 Å². The number of rotatable bonds is 2. The molecule has 2 N–H and O–H groups in total. The Kier molecular flexibility index (Phi) is 2.66. The molecule has 16 heavy (non-hydrogen) atoms. The lowest BCUT2D eigenvalue weighted by Gasteiger charge is -2.15. The van der Waals surface area contributed by atoms with E-state index >= 15 is 0 Å². The quantitative estimate of drug-likeness (QED) is 0.763. The Morgan fingerprint density at radius 1 is 1.06 bits per heavy atom. The van der Waals surface area contributed by atoms with Gasteiger partial charge in [-0.2, -0.15) is 0 Å². The second kappa shape index (κ2) is 3.85. The maximum Gasteiger partial charge on any atom is 0.139 e. The predicted octanol–water partition coefficient (Wildman–Crippen LogP) is 4.26. The normalized spacial score (nSPS) is 11.9. The van der Waals surface area contributed by atoms with Crippen molar-refractivity contribution in [2.75, 3.05) is 5.73 Å². The van der Waals surface area contributed by atoms with Gasteiger partial charge in [-0.05, 0) is 35.1 Å². The summed E-state index contributed by atoms with van der Waals surface area (Å²) in [7, 11) is 0. The van der Waals surface area contributed by atoms with Crippen LogP contribution >= 0.6 is 0 Å². The molecule has 1 aromatic heterocycles. The summed E-state index contributed by atoms with van der Waals surface area (Å²) in [5, 5.41) is 1.05. The largest absolute Gasteiger partial charge is 0.464 e. The summed E-state index contributed by atoms with van der Waals surface area (Å²) in [6, 6.07) is 4.15. The molecule has 0 spiro atoms. The van der Waals surface area contributed by atoms with E-state index in [1.54, 1.807) is 6.26 Å². The fourth-order valence-electron chi connectivity index (χ4n) is 2.12. The fraction of sp³-hybridized carbons (Fsp3) is 0.429. The van der Waals surface area contributed by atoms with Crippen LogP contribution in [0.2, 0.25) is 0 Å². The summed E-state index contributed by atoms with van der Waals surface area (Å²) in [6.45, 7) is 8.69. The molecule has 2 heteroatoms. The average Bonchev–Trinajstić information content (AvgIpc) is 2.66. The molecule has 0 aliphatic heterocycles. The number of nitrogens with two attached hydrogens (primary N) is 1. The van der Waals surface area contributed by atoms with Crippen molar-refractivity contribution in [3.63, 3.8) is 0 Å². The summed E-state index contributed by atoms with van der Waals surface area (Å²) in [5.74, 6) is 0.892. The summed E-state index contributed by atoms with van der Waals surface area (Å²) in [5.41, 5.74) is 10.4. The molecule has 2 rings (SSSR count). The molecule has 0 aliphatic rings. The minimum atomic E-state index is 0.441. The molecule has 0 amide bonds. The molecule has 0 saturated heterocycles. The van der Waals surface area contributed by atoms with E-state index in [1.807, 2.05) is 6.07 Å². The van der Waals surface area contributed by atoms with Gasteiger partial charge in [0.1, 0.15) is 5.58 Å². The molecule has 2 nitrogen and oxygen atoms in total. The zero-order valence-electron chi connectivity index (χ0n) is 10.4. The molecule has 1 heterocycles. The third-order valence-corrected chi connectivity index (χ3v) is 3.08. The SMILES string of the molecule is CC(C)c1cc(C(C)C)c2occc2c1N. The lowest BCUT2D eigenvalue weighted by atomic mass is 9.92. The molecule has 0 radical (unpaired) electrons. The van der Waals surface area contributed by atoms with E-state index in [4.69, 9.17) is 10.2 Å². The standard InChI is InChI=1S/C14H19NO/c1-8(2)11-7-12(9(3)4)14-10(13(11)15)5-6-16-14/h5-9H,15H2,1-4H3. The van der Waals surface area contributed by atoms with Crippen molar-refractivity contribution in [3.8, 4) is 0 Å². The highest BCUT2D eigenvalue weighted by Crippen LogP contribution is 2.36. The van der Waals surface area contributed by atoms with Gasteiger partial charge in [-0.3, -0.25) is 0 Å². The van der Waals surface area contributed by atoms with Gasteiger partial charge in [0.15, 0.2) is 0 Å². The van der Waals surface area contributed by atoms with Crippen LogP contribution in [0.25, 0.3) is 11.0 Å². The van der Waals surface area contributed by atoms with Crippen LogP contribution in [0.3, 0.4) is 0 Å². The highest BCUT2D eigenvalue weighted by molar-refractivity contribution is 5.93. The zero-order chi connectivity index (χ0) is 11.9. The lowest BCUT2D eigenvalue weighted by Crippen LogP contribution is -2.00. The molecule has 86 valence electrons. The van der Waals surface area contributed by atoms with Gasteiger partial charge in [0.25, 0.3) is 0 Å². The highest BCUT2D eigenvalue weighted by atomic mass is 16.3. The number of nitrogen functional groups attached to an aromatic ring is 1. The maximum atomic E-state index is 6.17. The van der Waals surface area contributed by atoms with Crippen LogP contribution in [0.4, 0.5) is 5.69 Å². The summed E-state index contributed by atoms with van der Waals surface area (Å²) in [4.78, 5) is 0. The van der Waals surface area contributed by atoms with Gasteiger partial charge in [-0.15, -0.1) is 0 Å². The molecule has 2 aromatic rings. The van der Waals surface area contributed by atoms with Gasteiger partial charge in [0.2, 0.25) is 0 Å². The third kappa shape index (κ3) is 1.58. The number of benzene rings is 1. The number of anilines is 1. The van der Waals surface area contributed by atoms with Gasteiger partial charge in [0, 0.05) is 11.1 Å². The molecule has 0 aliphatic carbocycles. The molecular formula is C14H19NO. The predicted molar refractivity (Wildman–Crippen MR) is 68.8 cm³/mol. The maximum absolute atomic E-state index is 6.17. The van der Waals surface area contributed by atoms with E-state index in [1.165, 1.54) is 11.1 Å². The van der Waals surface area contributed by atoms with Crippen molar-refractivity contribution in [2.24, 2.45) is 0 Å². The van der Waals surface area contributed by atoms with Gasteiger partial charge in [0.05, 0.1) is 6.26 Å². The van der Waals surface area contributed by atoms with E-state index in [0.717, 1.165) is 16.7 Å². The Morgan fingerprint density at radius 2 is 1.69 bits per heavy atom. The molecule has 0 fully saturated rings. The molecular weight excluding hydrogens is 198 g/mol. The van der Waals surface area contributed by atoms with Crippen LogP contribution < -0.4 is 5.73 Å². The molecule has 0 unspecified atom stereocenters. The number of furan rings is 1. The second-order valence-electron chi connectivity index (χ2n) is 4.94. The highest BCUT2D eigenvalue weighted by Gasteiger charge is 2.16. The smallest absolute Gasteiger partial charge is 0.139 e. The van der Waals surface area contributed by atoms with Gasteiger partial charge < -0.3 is 10.2 Å². The van der Waals surface area contributed by atoms with Gasteiger partial charge >= 0.3 is 0 Å². The van der Waals surface area contributed by atoms with E-state index in [-0.39, 0.29) is 0 Å². The van der Waals surface area contributed by atoms with Crippen molar-refractivity contribution in [3.05, 3.63) is 29.5 Å². The number of hydrogen-bond donors (Lipinski definition) is 1. The first-order valence-corrected chi connectivity index (χ1v) is 5.81. The van der Waals surface area contributed by atoms with Crippen molar-refractivity contribution in [1.82, 2.24) is 0 Å². The minimum absolute atomic E-state index is 0.441. The molecule has 1 aromatic carbocycles. The van der Waals surface area contributed by atoms with Crippen molar-refractivity contribution >= 4 is 16.7 Å². The Labute approximate surface area is 96.4 Å². The zero-order valence-corrected chi connectivity index (χ0v) is 10.4. The number of hydrogen-bond acceptors (Lipinski definition) is 2. The van der Waals surface area contributed by atoms with Crippen LogP contribution in [-0.4, -0.2) is 0 Å². The van der Waals surface area contributed by atoms with Gasteiger partial charge in [-0.1, -0.05) is 27.7 Å². The first-order chi connectivity index (χ1) is 7.52.